The predicted octanol–water partition coefficient (Wildman–Crippen LogP) is 1.37. The van der Waals surface area contributed by atoms with Crippen LogP contribution in [0.3, 0.4) is 0 Å². The maximum atomic E-state index is 12.9. The largest absolute Gasteiger partial charge is 0.344 e. The quantitative estimate of drug-likeness (QED) is 0.440. The van der Waals surface area contributed by atoms with Crippen molar-refractivity contribution in [2.45, 2.75) is 56.9 Å². The number of halogens is 1. The molecule has 1 unspecified atom stereocenters. The lowest BCUT2D eigenvalue weighted by molar-refractivity contribution is -0.137. The van der Waals surface area contributed by atoms with Crippen LogP contribution in [0.25, 0.3) is 0 Å². The molecule has 2 heterocycles. The molecule has 0 radical (unpaired) electrons. The molecule has 0 spiro atoms. The highest BCUT2D eigenvalue weighted by Crippen LogP contribution is 2.36. The first kappa shape index (κ1) is 23.8. The summed E-state index contributed by atoms with van der Waals surface area (Å²) in [7, 11) is 0. The predicted molar refractivity (Wildman–Crippen MR) is 115 cm³/mol. The summed E-state index contributed by atoms with van der Waals surface area (Å²) in [6.45, 7) is 1.09. The van der Waals surface area contributed by atoms with E-state index in [0.29, 0.717) is 32.4 Å². The second-order valence-electron chi connectivity index (χ2n) is 7.56. The topological polar surface area (TPSA) is 122 Å². The third-order valence-electron chi connectivity index (χ3n) is 5.51. The van der Waals surface area contributed by atoms with E-state index in [1.165, 1.54) is 0 Å². The van der Waals surface area contributed by atoms with Gasteiger partial charge in [0.2, 0.25) is 23.6 Å². The van der Waals surface area contributed by atoms with Gasteiger partial charge in [-0.2, -0.15) is 0 Å². The van der Waals surface area contributed by atoms with Gasteiger partial charge in [0.25, 0.3) is 0 Å². The second-order valence-corrected chi connectivity index (χ2v) is 7.56. The second kappa shape index (κ2) is 11.1. The molecular formula is C21H29ClN4O4. The Kier molecular flexibility index (Phi) is 8.80. The number of amides is 4. The van der Waals surface area contributed by atoms with Crippen molar-refractivity contribution < 1.29 is 19.2 Å². The normalized spacial score (nSPS) is 20.6. The number of unbranched alkanes of at least 4 members (excludes halogenated alkanes) is 2. The molecular weight excluding hydrogens is 408 g/mol. The molecule has 2 aliphatic rings. The van der Waals surface area contributed by atoms with Crippen molar-refractivity contribution in [3.05, 3.63) is 29.8 Å². The number of nitrogens with zero attached hydrogens (tertiary/aromatic N) is 1. The molecule has 4 N–H and O–H groups in total. The van der Waals surface area contributed by atoms with E-state index < -0.39 is 17.9 Å². The molecule has 1 aromatic carbocycles. The molecule has 30 heavy (non-hydrogen) atoms. The van der Waals surface area contributed by atoms with Crippen LogP contribution in [-0.4, -0.2) is 42.8 Å². The van der Waals surface area contributed by atoms with Crippen molar-refractivity contribution in [2.24, 2.45) is 5.73 Å². The number of benzene rings is 1. The first-order chi connectivity index (χ1) is 14.0. The Labute approximate surface area is 182 Å². The van der Waals surface area contributed by atoms with E-state index in [0.717, 1.165) is 30.5 Å². The molecule has 9 heteroatoms. The van der Waals surface area contributed by atoms with E-state index >= 15 is 0 Å². The van der Waals surface area contributed by atoms with E-state index in [9.17, 15) is 19.2 Å². The first-order valence-electron chi connectivity index (χ1n) is 10.2. The molecule has 0 aliphatic carbocycles. The standard InChI is InChI=1S/C21H28N4O4.ClH/c22-12-5-1-2-8-19(27)25-13-11-15(14-6-3-4-7-17(14)25)20(28)23-16-9-10-18(26)24-21(16)29;/h3-4,6-7,15-16H,1-2,5,8-13,22H2,(H,23,28)(H,24,26,29);1H/t15?,16-;/m0./s1. The summed E-state index contributed by atoms with van der Waals surface area (Å²) < 4.78 is 0. The minimum atomic E-state index is -0.699. The summed E-state index contributed by atoms with van der Waals surface area (Å²) in [6.07, 6.45) is 4.10. The zero-order chi connectivity index (χ0) is 20.8. The number of anilines is 1. The molecule has 3 rings (SSSR count). The third kappa shape index (κ3) is 5.58. The molecule has 0 aromatic heterocycles. The summed E-state index contributed by atoms with van der Waals surface area (Å²) in [4.78, 5) is 50.6. The Morgan fingerprint density at radius 2 is 1.90 bits per heavy atom. The van der Waals surface area contributed by atoms with Crippen molar-refractivity contribution in [3.8, 4) is 0 Å². The number of rotatable bonds is 7. The van der Waals surface area contributed by atoms with Gasteiger partial charge in [0.1, 0.15) is 6.04 Å². The van der Waals surface area contributed by atoms with Gasteiger partial charge in [-0.1, -0.05) is 24.6 Å². The molecule has 4 amide bonds. The van der Waals surface area contributed by atoms with Crippen LogP contribution in [0.2, 0.25) is 0 Å². The lowest BCUT2D eigenvalue weighted by Crippen LogP contribution is -2.53. The van der Waals surface area contributed by atoms with Gasteiger partial charge in [0.05, 0.1) is 5.92 Å². The molecule has 1 saturated heterocycles. The van der Waals surface area contributed by atoms with Gasteiger partial charge >= 0.3 is 0 Å². The smallest absolute Gasteiger partial charge is 0.249 e. The van der Waals surface area contributed by atoms with Crippen molar-refractivity contribution in [1.82, 2.24) is 10.6 Å². The molecule has 8 nitrogen and oxygen atoms in total. The van der Waals surface area contributed by atoms with Gasteiger partial charge in [-0.25, -0.2) is 0 Å². The maximum Gasteiger partial charge on any atom is 0.249 e. The monoisotopic (exact) mass is 436 g/mol. The summed E-state index contributed by atoms with van der Waals surface area (Å²) in [5.41, 5.74) is 7.05. The van der Waals surface area contributed by atoms with Crippen molar-refractivity contribution in [3.63, 3.8) is 0 Å². The van der Waals surface area contributed by atoms with E-state index in [1.807, 2.05) is 24.3 Å². The van der Waals surface area contributed by atoms with Crippen LogP contribution < -0.4 is 21.3 Å². The minimum absolute atomic E-state index is 0. The number of para-hydroxylation sites is 1. The Hall–Kier alpha value is -2.45. The Morgan fingerprint density at radius 1 is 1.13 bits per heavy atom. The van der Waals surface area contributed by atoms with Crippen LogP contribution in [0.15, 0.2) is 24.3 Å². The molecule has 0 bridgehead atoms. The molecule has 1 aromatic rings. The molecule has 2 atom stereocenters. The molecule has 1 fully saturated rings. The lowest BCUT2D eigenvalue weighted by Gasteiger charge is -2.34. The summed E-state index contributed by atoms with van der Waals surface area (Å²) in [5.74, 6) is -1.41. The highest BCUT2D eigenvalue weighted by atomic mass is 35.5. The van der Waals surface area contributed by atoms with Crippen molar-refractivity contribution in [1.29, 1.82) is 0 Å². The number of hydrogen-bond donors (Lipinski definition) is 3. The Bertz CT molecular complexity index is 801. The summed E-state index contributed by atoms with van der Waals surface area (Å²) in [6, 6.07) is 6.72. The Morgan fingerprint density at radius 3 is 2.63 bits per heavy atom. The number of imide groups is 1. The SMILES string of the molecule is Cl.NCCCCCC(=O)N1CCC(C(=O)N[C@H]2CCC(=O)NC2=O)c2ccccc21. The van der Waals surface area contributed by atoms with E-state index in [4.69, 9.17) is 5.73 Å². The van der Waals surface area contributed by atoms with E-state index in [2.05, 4.69) is 10.6 Å². The molecule has 0 saturated carbocycles. The third-order valence-corrected chi connectivity index (χ3v) is 5.51. The van der Waals surface area contributed by atoms with Gasteiger partial charge in [0.15, 0.2) is 0 Å². The van der Waals surface area contributed by atoms with Crippen LogP contribution >= 0.6 is 12.4 Å². The summed E-state index contributed by atoms with van der Waals surface area (Å²) >= 11 is 0. The molecule has 2 aliphatic heterocycles. The molecule has 164 valence electrons. The average molecular weight is 437 g/mol. The van der Waals surface area contributed by atoms with Crippen LogP contribution in [0, 0.1) is 0 Å². The fourth-order valence-electron chi connectivity index (χ4n) is 3.93. The van der Waals surface area contributed by atoms with Crippen LogP contribution in [0.1, 0.15) is 56.4 Å². The lowest BCUT2D eigenvalue weighted by atomic mass is 9.88. The zero-order valence-electron chi connectivity index (χ0n) is 16.9. The van der Waals surface area contributed by atoms with E-state index in [-0.39, 0.29) is 36.5 Å². The van der Waals surface area contributed by atoms with Crippen molar-refractivity contribution >= 4 is 41.7 Å². The number of carbonyl (C=O) groups is 4. The summed E-state index contributed by atoms with van der Waals surface area (Å²) in [5, 5.41) is 5.03. The fraction of sp³-hybridized carbons (Fsp3) is 0.524. The van der Waals surface area contributed by atoms with Gasteiger partial charge < -0.3 is 16.0 Å². The van der Waals surface area contributed by atoms with Gasteiger partial charge in [-0.15, -0.1) is 12.4 Å². The van der Waals surface area contributed by atoms with Crippen molar-refractivity contribution in [2.75, 3.05) is 18.0 Å². The van der Waals surface area contributed by atoms with Gasteiger partial charge in [0, 0.05) is 25.1 Å². The van der Waals surface area contributed by atoms with E-state index in [1.54, 1.807) is 4.90 Å². The minimum Gasteiger partial charge on any atom is -0.344 e. The Balaban J connectivity index is 0.00000320. The number of fused-ring (bicyclic) bond motifs is 1. The van der Waals surface area contributed by atoms with Crippen LogP contribution in [0.5, 0.6) is 0 Å². The number of piperidine rings is 1. The average Bonchev–Trinajstić information content (AvgIpc) is 2.72. The first-order valence-corrected chi connectivity index (χ1v) is 10.2. The van der Waals surface area contributed by atoms with Gasteiger partial charge in [-0.05, 0) is 43.9 Å². The maximum absolute atomic E-state index is 12.9. The van der Waals surface area contributed by atoms with Crippen LogP contribution in [0.4, 0.5) is 5.69 Å². The van der Waals surface area contributed by atoms with Gasteiger partial charge in [-0.3, -0.25) is 24.5 Å². The highest BCUT2D eigenvalue weighted by Gasteiger charge is 2.35. The number of carbonyl (C=O) groups excluding carboxylic acids is 4. The zero-order valence-corrected chi connectivity index (χ0v) is 17.7. The van der Waals surface area contributed by atoms with Crippen LogP contribution in [-0.2, 0) is 19.2 Å². The number of hydrogen-bond acceptors (Lipinski definition) is 5. The highest BCUT2D eigenvalue weighted by molar-refractivity contribution is 6.02. The number of nitrogens with two attached hydrogens (primary N) is 1. The fourth-order valence-corrected chi connectivity index (χ4v) is 3.93. The number of nitrogens with one attached hydrogen (secondary N) is 2.